The van der Waals surface area contributed by atoms with Gasteiger partial charge in [-0.2, -0.15) is 0 Å². The zero-order valence-corrected chi connectivity index (χ0v) is 10.9. The van der Waals surface area contributed by atoms with Crippen LogP contribution in [0, 0.1) is 0 Å². The molecule has 0 amide bonds. The van der Waals surface area contributed by atoms with E-state index in [1.165, 1.54) is 0 Å². The summed E-state index contributed by atoms with van der Waals surface area (Å²) in [6, 6.07) is 11.3. The summed E-state index contributed by atoms with van der Waals surface area (Å²) >= 11 is 1.55. The molecule has 2 aromatic heterocycles. The number of rotatable bonds is 3. The van der Waals surface area contributed by atoms with E-state index < -0.39 is 0 Å². The SMILES string of the molecule is O=Cc1ccc2nccc(-c3ccc(CO)s3)c2c1. The van der Waals surface area contributed by atoms with Crippen LogP contribution >= 0.6 is 11.3 Å². The van der Waals surface area contributed by atoms with E-state index in [0.717, 1.165) is 32.5 Å². The average Bonchev–Trinajstić information content (AvgIpc) is 2.94. The minimum atomic E-state index is 0.0489. The number of hydrogen-bond donors (Lipinski definition) is 1. The monoisotopic (exact) mass is 269 g/mol. The van der Waals surface area contributed by atoms with Gasteiger partial charge >= 0.3 is 0 Å². The fourth-order valence-corrected chi connectivity index (χ4v) is 2.97. The first-order valence-corrected chi connectivity index (χ1v) is 6.67. The molecule has 19 heavy (non-hydrogen) atoms. The Kier molecular flexibility index (Phi) is 3.11. The quantitative estimate of drug-likeness (QED) is 0.742. The molecule has 94 valence electrons. The lowest BCUT2D eigenvalue weighted by molar-refractivity contribution is 0.112. The number of nitrogens with zero attached hydrogens (tertiary/aromatic N) is 1. The van der Waals surface area contributed by atoms with E-state index in [9.17, 15) is 4.79 Å². The molecule has 0 saturated heterocycles. The third-order valence-corrected chi connectivity index (χ3v) is 4.09. The molecule has 0 spiro atoms. The average molecular weight is 269 g/mol. The minimum absolute atomic E-state index is 0.0489. The smallest absolute Gasteiger partial charge is 0.150 e. The number of carbonyl (C=O) groups is 1. The summed E-state index contributed by atoms with van der Waals surface area (Å²) in [6.07, 6.45) is 2.60. The van der Waals surface area contributed by atoms with Crippen molar-refractivity contribution in [1.82, 2.24) is 4.98 Å². The van der Waals surface area contributed by atoms with Crippen LogP contribution in [0.15, 0.2) is 42.6 Å². The molecule has 0 atom stereocenters. The number of aldehydes is 1. The largest absolute Gasteiger partial charge is 0.391 e. The Morgan fingerprint density at radius 2 is 2.11 bits per heavy atom. The van der Waals surface area contributed by atoms with E-state index in [1.807, 2.05) is 30.3 Å². The van der Waals surface area contributed by atoms with Crippen molar-refractivity contribution in [2.24, 2.45) is 0 Å². The fourth-order valence-electron chi connectivity index (χ4n) is 2.06. The minimum Gasteiger partial charge on any atom is -0.391 e. The zero-order chi connectivity index (χ0) is 13.2. The van der Waals surface area contributed by atoms with Crippen LogP contribution in [0.5, 0.6) is 0 Å². The van der Waals surface area contributed by atoms with Crippen molar-refractivity contribution in [3.63, 3.8) is 0 Å². The molecule has 0 fully saturated rings. The second-order valence-corrected chi connectivity index (χ2v) is 5.35. The van der Waals surface area contributed by atoms with E-state index in [4.69, 9.17) is 5.11 Å². The van der Waals surface area contributed by atoms with Gasteiger partial charge in [0.2, 0.25) is 0 Å². The van der Waals surface area contributed by atoms with Crippen LogP contribution in [0.1, 0.15) is 15.2 Å². The maximum atomic E-state index is 10.9. The van der Waals surface area contributed by atoms with E-state index in [0.29, 0.717) is 5.56 Å². The van der Waals surface area contributed by atoms with Gasteiger partial charge in [0.25, 0.3) is 0 Å². The molecule has 0 saturated carbocycles. The number of fused-ring (bicyclic) bond motifs is 1. The van der Waals surface area contributed by atoms with Crippen LogP contribution in [0.2, 0.25) is 0 Å². The van der Waals surface area contributed by atoms with Gasteiger partial charge in [0.1, 0.15) is 6.29 Å². The Morgan fingerprint density at radius 3 is 2.84 bits per heavy atom. The molecule has 3 nitrogen and oxygen atoms in total. The van der Waals surface area contributed by atoms with E-state index >= 15 is 0 Å². The molecule has 0 aliphatic carbocycles. The number of hydrogen-bond acceptors (Lipinski definition) is 4. The van der Waals surface area contributed by atoms with Gasteiger partial charge in [0, 0.05) is 32.5 Å². The van der Waals surface area contributed by atoms with Gasteiger partial charge in [-0.3, -0.25) is 9.78 Å². The molecule has 0 aliphatic heterocycles. The van der Waals surface area contributed by atoms with Gasteiger partial charge in [0.15, 0.2) is 0 Å². The molecule has 1 N–H and O–H groups in total. The van der Waals surface area contributed by atoms with Gasteiger partial charge in [-0.25, -0.2) is 0 Å². The maximum Gasteiger partial charge on any atom is 0.150 e. The third kappa shape index (κ3) is 2.16. The highest BCUT2D eigenvalue weighted by Gasteiger charge is 2.08. The third-order valence-electron chi connectivity index (χ3n) is 2.98. The first-order chi connectivity index (χ1) is 9.31. The Balaban J connectivity index is 2.24. The molecule has 0 radical (unpaired) electrons. The summed E-state index contributed by atoms with van der Waals surface area (Å²) in [5.41, 5.74) is 2.54. The van der Waals surface area contributed by atoms with Crippen molar-refractivity contribution < 1.29 is 9.90 Å². The van der Waals surface area contributed by atoms with Crippen LogP contribution < -0.4 is 0 Å². The van der Waals surface area contributed by atoms with Crippen LogP contribution in [0.4, 0.5) is 0 Å². The Hall–Kier alpha value is -2.04. The van der Waals surface area contributed by atoms with Crippen molar-refractivity contribution in [3.05, 3.63) is 53.0 Å². The molecule has 0 aliphatic rings. The van der Waals surface area contributed by atoms with Gasteiger partial charge in [-0.15, -0.1) is 11.3 Å². The number of benzene rings is 1. The summed E-state index contributed by atoms with van der Waals surface area (Å²) in [5, 5.41) is 10.1. The normalized spacial score (nSPS) is 10.8. The Bertz CT molecular complexity index is 749. The summed E-state index contributed by atoms with van der Waals surface area (Å²) < 4.78 is 0. The second kappa shape index (κ2) is 4.91. The van der Waals surface area contributed by atoms with Crippen molar-refractivity contribution in [2.45, 2.75) is 6.61 Å². The predicted molar refractivity (Wildman–Crippen MR) is 76.4 cm³/mol. The lowest BCUT2D eigenvalue weighted by Crippen LogP contribution is -1.85. The highest BCUT2D eigenvalue weighted by Crippen LogP contribution is 2.33. The zero-order valence-electron chi connectivity index (χ0n) is 10.0. The van der Waals surface area contributed by atoms with Crippen LogP contribution in [0.3, 0.4) is 0 Å². The molecule has 1 aromatic carbocycles. The fraction of sp³-hybridized carbons (Fsp3) is 0.0667. The number of carbonyl (C=O) groups excluding carboxylic acids is 1. The molecular weight excluding hydrogens is 258 g/mol. The first kappa shape index (κ1) is 12.0. The van der Waals surface area contributed by atoms with Gasteiger partial charge in [-0.1, -0.05) is 0 Å². The van der Waals surface area contributed by atoms with Crippen molar-refractivity contribution in [3.8, 4) is 10.4 Å². The number of thiophene rings is 1. The second-order valence-electron chi connectivity index (χ2n) is 4.18. The highest BCUT2D eigenvalue weighted by molar-refractivity contribution is 7.15. The first-order valence-electron chi connectivity index (χ1n) is 5.85. The molecule has 0 bridgehead atoms. The van der Waals surface area contributed by atoms with Gasteiger partial charge in [0.05, 0.1) is 12.1 Å². The van der Waals surface area contributed by atoms with Crippen molar-refractivity contribution in [2.75, 3.05) is 0 Å². The predicted octanol–water partition coefficient (Wildman–Crippen LogP) is 3.27. The molecule has 3 aromatic rings. The number of aliphatic hydroxyl groups excluding tert-OH is 1. The maximum absolute atomic E-state index is 10.9. The summed E-state index contributed by atoms with van der Waals surface area (Å²) in [4.78, 5) is 17.2. The lowest BCUT2D eigenvalue weighted by atomic mass is 10.1. The van der Waals surface area contributed by atoms with Crippen molar-refractivity contribution >= 4 is 28.5 Å². The summed E-state index contributed by atoms with van der Waals surface area (Å²) in [6.45, 7) is 0.0489. The Morgan fingerprint density at radius 1 is 1.21 bits per heavy atom. The lowest BCUT2D eigenvalue weighted by Gasteiger charge is -2.04. The van der Waals surface area contributed by atoms with E-state index in [-0.39, 0.29) is 6.61 Å². The number of pyridine rings is 1. The Labute approximate surface area is 114 Å². The molecule has 0 unspecified atom stereocenters. The van der Waals surface area contributed by atoms with E-state index in [2.05, 4.69) is 4.98 Å². The molecule has 2 heterocycles. The van der Waals surface area contributed by atoms with Gasteiger partial charge < -0.3 is 5.11 Å². The molecule has 4 heteroatoms. The van der Waals surface area contributed by atoms with Gasteiger partial charge in [-0.05, 0) is 36.4 Å². The molecule has 3 rings (SSSR count). The van der Waals surface area contributed by atoms with Crippen LogP contribution in [-0.4, -0.2) is 16.4 Å². The van der Waals surface area contributed by atoms with Crippen molar-refractivity contribution in [1.29, 1.82) is 0 Å². The van der Waals surface area contributed by atoms with Crippen LogP contribution in [-0.2, 0) is 6.61 Å². The summed E-state index contributed by atoms with van der Waals surface area (Å²) in [5.74, 6) is 0. The summed E-state index contributed by atoms with van der Waals surface area (Å²) in [7, 11) is 0. The topological polar surface area (TPSA) is 50.2 Å². The van der Waals surface area contributed by atoms with Crippen LogP contribution in [0.25, 0.3) is 21.3 Å². The standard InChI is InChI=1S/C15H11NO2S/c17-8-10-1-3-14-13(7-10)12(5-6-16-14)15-4-2-11(9-18)19-15/h1-8,18H,9H2. The number of aromatic nitrogens is 1. The number of aliphatic hydroxyl groups is 1. The highest BCUT2D eigenvalue weighted by atomic mass is 32.1. The van der Waals surface area contributed by atoms with E-state index in [1.54, 1.807) is 23.6 Å². The molecular formula is C15H11NO2S.